The van der Waals surface area contributed by atoms with Gasteiger partial charge in [0, 0.05) is 29.6 Å². The predicted molar refractivity (Wildman–Crippen MR) is 118 cm³/mol. The van der Waals surface area contributed by atoms with Crippen molar-refractivity contribution in [1.29, 1.82) is 0 Å². The average molecular weight is 499 g/mol. The number of rotatable bonds is 6. The van der Waals surface area contributed by atoms with E-state index in [9.17, 15) is 21.6 Å². The van der Waals surface area contributed by atoms with Crippen LogP contribution in [0.25, 0.3) is 0 Å². The molecule has 176 valence electrons. The van der Waals surface area contributed by atoms with Gasteiger partial charge in [0.05, 0.1) is 17.1 Å². The number of halogens is 3. The molecule has 1 aliphatic heterocycles. The molecule has 1 unspecified atom stereocenters. The molecule has 0 bridgehead atoms. The Bertz CT molecular complexity index is 1240. The summed E-state index contributed by atoms with van der Waals surface area (Å²) >= 11 is 1.16. The second-order valence-electron chi connectivity index (χ2n) is 7.79. The van der Waals surface area contributed by atoms with Crippen molar-refractivity contribution in [2.24, 2.45) is 0 Å². The summed E-state index contributed by atoms with van der Waals surface area (Å²) in [4.78, 5) is 3.93. The SMILES string of the molecule is CC(C)c1cc(C(F)(F)F)ccc1OC1CCOc2cc(S(=O)(=O)Nc3nccs3)ccc21. The van der Waals surface area contributed by atoms with Crippen molar-refractivity contribution >= 4 is 26.5 Å². The minimum atomic E-state index is -4.44. The first-order valence-electron chi connectivity index (χ1n) is 10.1. The summed E-state index contributed by atoms with van der Waals surface area (Å²) in [7, 11) is -3.86. The van der Waals surface area contributed by atoms with E-state index in [0.717, 1.165) is 23.5 Å². The summed E-state index contributed by atoms with van der Waals surface area (Å²) in [5.41, 5.74) is 0.349. The van der Waals surface area contributed by atoms with E-state index in [4.69, 9.17) is 9.47 Å². The van der Waals surface area contributed by atoms with Gasteiger partial charge in [-0.2, -0.15) is 13.2 Å². The van der Waals surface area contributed by atoms with Gasteiger partial charge in [0.15, 0.2) is 5.13 Å². The van der Waals surface area contributed by atoms with E-state index in [0.29, 0.717) is 29.0 Å². The monoisotopic (exact) mass is 498 g/mol. The fourth-order valence-corrected chi connectivity index (χ4v) is 5.31. The molecule has 33 heavy (non-hydrogen) atoms. The molecule has 1 aromatic heterocycles. The second kappa shape index (κ2) is 8.86. The number of sulfonamides is 1. The first-order chi connectivity index (χ1) is 15.5. The number of thiazole rings is 1. The summed E-state index contributed by atoms with van der Waals surface area (Å²) in [6, 6.07) is 7.91. The predicted octanol–water partition coefficient (Wildman–Crippen LogP) is 5.99. The second-order valence-corrected chi connectivity index (χ2v) is 10.4. The lowest BCUT2D eigenvalue weighted by Gasteiger charge is -2.28. The van der Waals surface area contributed by atoms with E-state index in [1.54, 1.807) is 25.3 Å². The molecule has 0 radical (unpaired) electrons. The Kier molecular flexibility index (Phi) is 6.28. The minimum Gasteiger partial charge on any atom is -0.493 e. The van der Waals surface area contributed by atoms with E-state index in [1.165, 1.54) is 24.4 Å². The van der Waals surface area contributed by atoms with Crippen LogP contribution in [-0.2, 0) is 16.2 Å². The molecule has 2 aromatic carbocycles. The summed E-state index contributed by atoms with van der Waals surface area (Å²) in [5, 5.41) is 1.90. The van der Waals surface area contributed by atoms with Gasteiger partial charge >= 0.3 is 6.18 Å². The van der Waals surface area contributed by atoms with Crippen LogP contribution in [0.5, 0.6) is 11.5 Å². The molecule has 1 aliphatic rings. The van der Waals surface area contributed by atoms with Crippen molar-refractivity contribution in [2.45, 2.75) is 43.4 Å². The Labute approximate surface area is 193 Å². The Morgan fingerprint density at radius 3 is 2.67 bits per heavy atom. The van der Waals surface area contributed by atoms with E-state index in [2.05, 4.69) is 9.71 Å². The lowest BCUT2D eigenvalue weighted by Crippen LogP contribution is -2.20. The quantitative estimate of drug-likeness (QED) is 0.452. The molecule has 0 amide bonds. The third-order valence-corrected chi connectivity index (χ3v) is 7.32. The molecule has 2 heterocycles. The fourth-order valence-electron chi connectivity index (χ4n) is 3.51. The van der Waals surface area contributed by atoms with Gasteiger partial charge < -0.3 is 9.47 Å². The first kappa shape index (κ1) is 23.4. The van der Waals surface area contributed by atoms with Crippen molar-refractivity contribution in [3.8, 4) is 11.5 Å². The molecular weight excluding hydrogens is 477 g/mol. The van der Waals surface area contributed by atoms with Gasteiger partial charge in [0.25, 0.3) is 10.0 Å². The molecule has 0 fully saturated rings. The summed E-state index contributed by atoms with van der Waals surface area (Å²) in [6.45, 7) is 3.87. The maximum Gasteiger partial charge on any atom is 0.416 e. The van der Waals surface area contributed by atoms with E-state index >= 15 is 0 Å². The Balaban J connectivity index is 1.62. The molecule has 0 saturated carbocycles. The number of fused-ring (bicyclic) bond motifs is 1. The molecule has 3 aromatic rings. The van der Waals surface area contributed by atoms with Gasteiger partial charge in [0.1, 0.15) is 17.6 Å². The minimum absolute atomic E-state index is 0.00880. The lowest BCUT2D eigenvalue weighted by atomic mass is 9.98. The van der Waals surface area contributed by atoms with Crippen molar-refractivity contribution < 1.29 is 31.1 Å². The molecule has 11 heteroatoms. The maximum atomic E-state index is 13.2. The van der Waals surface area contributed by atoms with Gasteiger partial charge in [-0.05, 0) is 35.7 Å². The third kappa shape index (κ3) is 5.09. The lowest BCUT2D eigenvalue weighted by molar-refractivity contribution is -0.137. The number of hydrogen-bond donors (Lipinski definition) is 1. The number of ether oxygens (including phenoxy) is 2. The smallest absolute Gasteiger partial charge is 0.416 e. The van der Waals surface area contributed by atoms with Crippen LogP contribution >= 0.6 is 11.3 Å². The van der Waals surface area contributed by atoms with Crippen LogP contribution in [-0.4, -0.2) is 20.0 Å². The Morgan fingerprint density at radius 1 is 1.21 bits per heavy atom. The summed E-state index contributed by atoms with van der Waals surface area (Å²) in [6.07, 6.45) is -2.98. The Morgan fingerprint density at radius 2 is 2.00 bits per heavy atom. The zero-order valence-corrected chi connectivity index (χ0v) is 19.4. The fraction of sp³-hybridized carbons (Fsp3) is 0.318. The van der Waals surface area contributed by atoms with Gasteiger partial charge in [0.2, 0.25) is 0 Å². The molecule has 0 spiro atoms. The van der Waals surface area contributed by atoms with Crippen LogP contribution < -0.4 is 14.2 Å². The van der Waals surface area contributed by atoms with Gasteiger partial charge in [-0.25, -0.2) is 13.4 Å². The number of nitrogens with zero attached hydrogens (tertiary/aromatic N) is 1. The normalized spacial score (nSPS) is 16.2. The first-order valence-corrected chi connectivity index (χ1v) is 12.5. The maximum absolute atomic E-state index is 13.2. The molecule has 0 aliphatic carbocycles. The van der Waals surface area contributed by atoms with E-state index in [-0.39, 0.29) is 22.6 Å². The molecule has 1 atom stereocenters. The van der Waals surface area contributed by atoms with Crippen LogP contribution in [0.1, 0.15) is 49.0 Å². The highest BCUT2D eigenvalue weighted by Crippen LogP contribution is 2.41. The van der Waals surface area contributed by atoms with Gasteiger partial charge in [-0.3, -0.25) is 4.72 Å². The topological polar surface area (TPSA) is 77.5 Å². The van der Waals surface area contributed by atoms with Crippen molar-refractivity contribution in [2.75, 3.05) is 11.3 Å². The number of nitrogens with one attached hydrogen (secondary N) is 1. The molecule has 4 rings (SSSR count). The number of aromatic nitrogens is 1. The zero-order chi connectivity index (χ0) is 23.8. The Hall–Kier alpha value is -2.79. The highest BCUT2D eigenvalue weighted by molar-refractivity contribution is 7.93. The van der Waals surface area contributed by atoms with Crippen LogP contribution in [0.15, 0.2) is 52.9 Å². The number of benzene rings is 2. The highest BCUT2D eigenvalue weighted by atomic mass is 32.2. The van der Waals surface area contributed by atoms with E-state index < -0.39 is 27.9 Å². The molecular formula is C22H21F3N2O4S2. The average Bonchev–Trinajstić information content (AvgIpc) is 3.25. The molecule has 6 nitrogen and oxygen atoms in total. The number of anilines is 1. The van der Waals surface area contributed by atoms with Crippen molar-refractivity contribution in [3.63, 3.8) is 0 Å². The largest absolute Gasteiger partial charge is 0.493 e. The number of alkyl halides is 3. The van der Waals surface area contributed by atoms with Gasteiger partial charge in [-0.1, -0.05) is 19.9 Å². The van der Waals surface area contributed by atoms with Crippen LogP contribution in [0.2, 0.25) is 0 Å². The van der Waals surface area contributed by atoms with Crippen molar-refractivity contribution in [3.05, 3.63) is 64.7 Å². The zero-order valence-electron chi connectivity index (χ0n) is 17.7. The standard InChI is InChI=1S/C22H21F3N2O4S2/c1-13(2)17-11-14(22(23,24)25)3-6-18(17)31-19-7-9-30-20-12-15(4-5-16(19)20)33(28,29)27-21-26-8-10-32-21/h3-6,8,10-13,19H,7,9H2,1-2H3,(H,26,27). The molecule has 0 saturated heterocycles. The summed E-state index contributed by atoms with van der Waals surface area (Å²) in [5.74, 6) is 0.523. The van der Waals surface area contributed by atoms with Crippen molar-refractivity contribution in [1.82, 2.24) is 4.98 Å². The number of hydrogen-bond acceptors (Lipinski definition) is 6. The van der Waals surface area contributed by atoms with E-state index in [1.807, 2.05) is 0 Å². The highest BCUT2D eigenvalue weighted by Gasteiger charge is 2.32. The third-order valence-electron chi connectivity index (χ3n) is 5.16. The molecule has 1 N–H and O–H groups in total. The summed E-state index contributed by atoms with van der Waals surface area (Å²) < 4.78 is 79.0. The van der Waals surface area contributed by atoms with Crippen LogP contribution in [0.4, 0.5) is 18.3 Å². The van der Waals surface area contributed by atoms with Gasteiger partial charge in [-0.15, -0.1) is 11.3 Å². The van der Waals surface area contributed by atoms with Crippen LogP contribution in [0, 0.1) is 0 Å². The van der Waals surface area contributed by atoms with Crippen LogP contribution in [0.3, 0.4) is 0 Å².